The first kappa shape index (κ1) is 21.1. The molecule has 5 N–H and O–H groups in total. The highest BCUT2D eigenvalue weighted by Gasteiger charge is 2.12. The van der Waals surface area contributed by atoms with Crippen LogP contribution in [0.3, 0.4) is 0 Å². The Morgan fingerprint density at radius 2 is 1.93 bits per heavy atom. The molecule has 0 radical (unpaired) electrons. The van der Waals surface area contributed by atoms with E-state index in [1.165, 1.54) is 0 Å². The van der Waals surface area contributed by atoms with Crippen molar-refractivity contribution in [3.63, 3.8) is 0 Å². The summed E-state index contributed by atoms with van der Waals surface area (Å²) in [6, 6.07) is 5.34. The molecule has 0 saturated carbocycles. The molecule has 2 rings (SSSR count). The zero-order valence-corrected chi connectivity index (χ0v) is 16.1. The Bertz CT molecular complexity index is 813. The topological polar surface area (TPSA) is 143 Å². The molecule has 1 heterocycles. The van der Waals surface area contributed by atoms with Gasteiger partial charge in [-0.25, -0.2) is 4.98 Å². The Kier molecular flexibility index (Phi) is 7.67. The number of hydrogen-bond acceptors (Lipinski definition) is 8. The summed E-state index contributed by atoms with van der Waals surface area (Å²) in [7, 11) is 1.56. The molecule has 0 spiro atoms. The van der Waals surface area contributed by atoms with Gasteiger partial charge in [0.1, 0.15) is 11.5 Å². The number of benzene rings is 1. The van der Waals surface area contributed by atoms with E-state index in [-0.39, 0.29) is 18.2 Å². The van der Waals surface area contributed by atoms with Crippen LogP contribution < -0.4 is 25.7 Å². The number of aliphatic carboxylic acids is 1. The van der Waals surface area contributed by atoms with Gasteiger partial charge in [-0.3, -0.25) is 4.79 Å². The van der Waals surface area contributed by atoms with Crippen molar-refractivity contribution in [2.24, 2.45) is 0 Å². The molecule has 1 aromatic heterocycles. The lowest BCUT2D eigenvalue weighted by molar-refractivity contribution is -0.136. The van der Waals surface area contributed by atoms with E-state index in [1.54, 1.807) is 19.2 Å². The van der Waals surface area contributed by atoms with Crippen LogP contribution in [0.15, 0.2) is 18.2 Å². The van der Waals surface area contributed by atoms with E-state index in [4.69, 9.17) is 30.8 Å². The fourth-order valence-corrected chi connectivity index (χ4v) is 2.59. The zero-order chi connectivity index (χ0) is 20.5. The molecule has 0 amide bonds. The van der Waals surface area contributed by atoms with Gasteiger partial charge in [0, 0.05) is 18.9 Å². The minimum atomic E-state index is -0.856. The lowest BCUT2D eigenvalue weighted by atomic mass is 10.1. The summed E-state index contributed by atoms with van der Waals surface area (Å²) in [4.78, 5) is 18.9. The highest BCUT2D eigenvalue weighted by molar-refractivity contribution is 5.67. The molecular weight excluding hydrogens is 364 g/mol. The van der Waals surface area contributed by atoms with Crippen LogP contribution in [0.1, 0.15) is 31.0 Å². The van der Waals surface area contributed by atoms with Crippen molar-refractivity contribution in [1.29, 1.82) is 0 Å². The van der Waals surface area contributed by atoms with Gasteiger partial charge in [0.2, 0.25) is 5.95 Å². The predicted molar refractivity (Wildman–Crippen MR) is 105 cm³/mol. The normalized spacial score (nSPS) is 10.5. The Morgan fingerprint density at radius 3 is 2.61 bits per heavy atom. The lowest BCUT2D eigenvalue weighted by Gasteiger charge is -2.14. The standard InChI is InChI=1S/C19H26N4O5/c1-3-14-17(18(20)23-19(21)22-14)28-10-4-9-27-15-11-13(26-2)7-5-12(15)6-8-16(24)25/h5,7,11H,3-4,6,8-10H2,1-2H3,(H,24,25)(H4,20,21,22,23). The van der Waals surface area contributed by atoms with Crippen LogP contribution in [0.25, 0.3) is 0 Å². The first-order chi connectivity index (χ1) is 13.4. The van der Waals surface area contributed by atoms with E-state index >= 15 is 0 Å². The summed E-state index contributed by atoms with van der Waals surface area (Å²) in [6.07, 6.45) is 1.62. The van der Waals surface area contributed by atoms with E-state index < -0.39 is 5.97 Å². The first-order valence-corrected chi connectivity index (χ1v) is 9.00. The number of ether oxygens (including phenoxy) is 3. The lowest BCUT2D eigenvalue weighted by Crippen LogP contribution is -2.11. The summed E-state index contributed by atoms with van der Waals surface area (Å²) in [5.74, 6) is 1.17. The second-order valence-electron chi connectivity index (χ2n) is 6.01. The third kappa shape index (κ3) is 5.90. The molecule has 2 aromatic rings. The van der Waals surface area contributed by atoms with Gasteiger partial charge in [0.05, 0.1) is 26.0 Å². The molecular formula is C19H26N4O5. The van der Waals surface area contributed by atoms with Gasteiger partial charge < -0.3 is 30.8 Å². The second kappa shape index (κ2) is 10.2. The van der Waals surface area contributed by atoms with Gasteiger partial charge in [-0.1, -0.05) is 13.0 Å². The minimum Gasteiger partial charge on any atom is -0.497 e. The second-order valence-corrected chi connectivity index (χ2v) is 6.01. The van der Waals surface area contributed by atoms with Gasteiger partial charge in [0.25, 0.3) is 0 Å². The average Bonchev–Trinajstić information content (AvgIpc) is 2.67. The van der Waals surface area contributed by atoms with Crippen molar-refractivity contribution < 1.29 is 24.1 Å². The van der Waals surface area contributed by atoms with Gasteiger partial charge >= 0.3 is 5.97 Å². The Hall–Kier alpha value is -3.23. The molecule has 28 heavy (non-hydrogen) atoms. The fraction of sp³-hybridized carbons (Fsp3) is 0.421. The molecule has 0 atom stereocenters. The van der Waals surface area contributed by atoms with E-state index in [0.29, 0.717) is 55.4 Å². The molecule has 9 nitrogen and oxygen atoms in total. The third-order valence-electron chi connectivity index (χ3n) is 3.99. The monoisotopic (exact) mass is 390 g/mol. The number of hydrogen-bond donors (Lipinski definition) is 3. The number of carboxylic acids is 1. The van der Waals surface area contributed by atoms with Crippen LogP contribution in [0.5, 0.6) is 17.2 Å². The van der Waals surface area contributed by atoms with E-state index in [0.717, 1.165) is 5.56 Å². The van der Waals surface area contributed by atoms with E-state index in [1.807, 2.05) is 13.0 Å². The number of nitrogens with two attached hydrogens (primary N) is 2. The minimum absolute atomic E-state index is 0.0298. The molecule has 0 aliphatic heterocycles. The molecule has 0 fully saturated rings. The van der Waals surface area contributed by atoms with Gasteiger partial charge in [-0.05, 0) is 24.5 Å². The zero-order valence-electron chi connectivity index (χ0n) is 16.1. The highest BCUT2D eigenvalue weighted by atomic mass is 16.5. The molecule has 0 unspecified atom stereocenters. The van der Waals surface area contributed by atoms with Crippen LogP contribution in [-0.4, -0.2) is 41.4 Å². The van der Waals surface area contributed by atoms with Crippen molar-refractivity contribution in [2.75, 3.05) is 31.8 Å². The molecule has 0 bridgehead atoms. The largest absolute Gasteiger partial charge is 0.497 e. The molecule has 152 valence electrons. The summed E-state index contributed by atoms with van der Waals surface area (Å²) in [5.41, 5.74) is 12.9. The number of anilines is 2. The molecule has 0 aliphatic rings. The number of carboxylic acid groups (broad SMARTS) is 1. The maximum Gasteiger partial charge on any atom is 0.303 e. The number of nitrogen functional groups attached to an aromatic ring is 2. The van der Waals surface area contributed by atoms with Crippen LogP contribution in [0, 0.1) is 0 Å². The molecule has 0 saturated heterocycles. The van der Waals surface area contributed by atoms with Crippen molar-refractivity contribution in [3.8, 4) is 17.2 Å². The smallest absolute Gasteiger partial charge is 0.303 e. The SMILES string of the molecule is CCc1nc(N)nc(N)c1OCCCOc1cc(OC)ccc1CCC(=O)O. The van der Waals surface area contributed by atoms with Crippen LogP contribution in [0.2, 0.25) is 0 Å². The van der Waals surface area contributed by atoms with Gasteiger partial charge in [0.15, 0.2) is 11.6 Å². The molecule has 0 aliphatic carbocycles. The van der Waals surface area contributed by atoms with Gasteiger partial charge in [-0.15, -0.1) is 0 Å². The molecule has 9 heteroatoms. The Labute approximate surface area is 163 Å². The summed E-state index contributed by atoms with van der Waals surface area (Å²) < 4.78 is 16.7. The molecule has 1 aromatic carbocycles. The number of aromatic nitrogens is 2. The Morgan fingerprint density at radius 1 is 1.18 bits per heavy atom. The van der Waals surface area contributed by atoms with Crippen LogP contribution in [-0.2, 0) is 17.6 Å². The number of rotatable bonds is 11. The van der Waals surface area contributed by atoms with E-state index in [9.17, 15) is 4.79 Å². The quantitative estimate of drug-likeness (QED) is 0.491. The van der Waals surface area contributed by atoms with Crippen LogP contribution >= 0.6 is 0 Å². The third-order valence-corrected chi connectivity index (χ3v) is 3.99. The maximum atomic E-state index is 10.8. The summed E-state index contributed by atoms with van der Waals surface area (Å²) in [6.45, 7) is 2.67. The number of nitrogens with zero attached hydrogens (tertiary/aromatic N) is 2. The predicted octanol–water partition coefficient (Wildman–Crippen LogP) is 2.08. The highest BCUT2D eigenvalue weighted by Crippen LogP contribution is 2.27. The number of aryl methyl sites for hydroxylation is 2. The van der Waals surface area contributed by atoms with Crippen LogP contribution in [0.4, 0.5) is 11.8 Å². The Balaban J connectivity index is 1.92. The first-order valence-electron chi connectivity index (χ1n) is 9.00. The van der Waals surface area contributed by atoms with E-state index in [2.05, 4.69) is 9.97 Å². The number of methoxy groups -OCH3 is 1. The van der Waals surface area contributed by atoms with Crippen molar-refractivity contribution in [2.45, 2.75) is 32.6 Å². The van der Waals surface area contributed by atoms with Gasteiger partial charge in [-0.2, -0.15) is 4.98 Å². The van der Waals surface area contributed by atoms with Crippen molar-refractivity contribution in [3.05, 3.63) is 29.5 Å². The fourth-order valence-electron chi connectivity index (χ4n) is 2.59. The maximum absolute atomic E-state index is 10.8. The van der Waals surface area contributed by atoms with Crippen molar-refractivity contribution in [1.82, 2.24) is 9.97 Å². The average molecular weight is 390 g/mol. The van der Waals surface area contributed by atoms with Crippen molar-refractivity contribution >= 4 is 17.7 Å². The summed E-state index contributed by atoms with van der Waals surface area (Å²) in [5, 5.41) is 8.89. The number of carbonyl (C=O) groups is 1. The summed E-state index contributed by atoms with van der Waals surface area (Å²) >= 11 is 0.